The first kappa shape index (κ1) is 22.6. The van der Waals surface area contributed by atoms with E-state index in [9.17, 15) is 17.6 Å². The van der Waals surface area contributed by atoms with Crippen LogP contribution >= 0.6 is 0 Å². The number of nitrogens with zero attached hydrogens (tertiary/aromatic N) is 1. The molecule has 0 spiro atoms. The Kier molecular flexibility index (Phi) is 7.98. The van der Waals surface area contributed by atoms with Crippen LogP contribution in [0.2, 0.25) is 0 Å². The minimum atomic E-state index is -4.11. The third kappa shape index (κ3) is 6.16. The SMILES string of the molecule is CCOc1ccc(N(CC(=O)N[C@@H](C)COC)S(=O)(=O)c2ccc(F)cc2)cc1. The number of methoxy groups -OCH3 is 1. The van der Waals surface area contributed by atoms with E-state index in [1.807, 2.05) is 6.92 Å². The average molecular weight is 424 g/mol. The van der Waals surface area contributed by atoms with Crippen molar-refractivity contribution in [3.8, 4) is 5.75 Å². The predicted molar refractivity (Wildman–Crippen MR) is 108 cm³/mol. The predicted octanol–water partition coefficient (Wildman–Crippen LogP) is 2.57. The van der Waals surface area contributed by atoms with Gasteiger partial charge in [-0.15, -0.1) is 0 Å². The van der Waals surface area contributed by atoms with E-state index >= 15 is 0 Å². The lowest BCUT2D eigenvalue weighted by molar-refractivity contribution is -0.120. The van der Waals surface area contributed by atoms with Crippen molar-refractivity contribution in [2.75, 3.05) is 31.2 Å². The molecule has 0 aromatic heterocycles. The summed E-state index contributed by atoms with van der Waals surface area (Å²) in [5, 5.41) is 2.69. The van der Waals surface area contributed by atoms with Gasteiger partial charge in [0.2, 0.25) is 5.91 Å². The number of halogens is 1. The topological polar surface area (TPSA) is 84.9 Å². The van der Waals surface area contributed by atoms with E-state index in [1.54, 1.807) is 31.2 Å². The van der Waals surface area contributed by atoms with Gasteiger partial charge >= 0.3 is 0 Å². The molecule has 2 aromatic rings. The van der Waals surface area contributed by atoms with Crippen LogP contribution in [0.1, 0.15) is 13.8 Å². The first-order chi connectivity index (χ1) is 13.8. The minimum Gasteiger partial charge on any atom is -0.494 e. The second-order valence-corrected chi connectivity index (χ2v) is 8.18. The highest BCUT2D eigenvalue weighted by Crippen LogP contribution is 2.26. The number of amides is 1. The highest BCUT2D eigenvalue weighted by molar-refractivity contribution is 7.92. The number of rotatable bonds is 10. The Bertz CT molecular complexity index is 901. The van der Waals surface area contributed by atoms with Gasteiger partial charge in [0, 0.05) is 13.2 Å². The number of anilines is 1. The molecular formula is C20H25FN2O5S. The maximum atomic E-state index is 13.2. The molecular weight excluding hydrogens is 399 g/mol. The molecule has 2 aromatic carbocycles. The molecule has 29 heavy (non-hydrogen) atoms. The standard InChI is InChI=1S/C20H25FN2O5S/c1-4-28-18-9-7-17(8-10-18)23(13-20(24)22-15(2)14-27-3)29(25,26)19-11-5-16(21)6-12-19/h5-12,15H,4,13-14H2,1-3H3,(H,22,24)/t15-/m0/s1. The molecule has 0 saturated carbocycles. The molecule has 2 rings (SSSR count). The molecule has 9 heteroatoms. The number of hydrogen-bond donors (Lipinski definition) is 1. The van der Waals surface area contributed by atoms with Gasteiger partial charge in [-0.1, -0.05) is 0 Å². The van der Waals surface area contributed by atoms with E-state index < -0.39 is 28.3 Å². The Labute approximate surface area is 170 Å². The van der Waals surface area contributed by atoms with Gasteiger partial charge in [0.15, 0.2) is 0 Å². The van der Waals surface area contributed by atoms with Crippen LogP contribution in [0.3, 0.4) is 0 Å². The van der Waals surface area contributed by atoms with E-state index in [2.05, 4.69) is 5.32 Å². The van der Waals surface area contributed by atoms with E-state index in [4.69, 9.17) is 9.47 Å². The Balaban J connectivity index is 2.36. The summed E-state index contributed by atoms with van der Waals surface area (Å²) < 4.78 is 50.9. The molecule has 0 unspecified atom stereocenters. The van der Waals surface area contributed by atoms with Gasteiger partial charge in [-0.3, -0.25) is 9.10 Å². The monoisotopic (exact) mass is 424 g/mol. The number of sulfonamides is 1. The zero-order chi connectivity index (χ0) is 21.4. The number of nitrogens with one attached hydrogen (secondary N) is 1. The average Bonchev–Trinajstić information content (AvgIpc) is 2.67. The van der Waals surface area contributed by atoms with Crippen molar-refractivity contribution >= 4 is 21.6 Å². The molecule has 0 aliphatic heterocycles. The van der Waals surface area contributed by atoms with E-state index in [0.29, 0.717) is 19.0 Å². The molecule has 0 aliphatic rings. The van der Waals surface area contributed by atoms with Gasteiger partial charge < -0.3 is 14.8 Å². The van der Waals surface area contributed by atoms with Crippen molar-refractivity contribution < 1.29 is 27.1 Å². The van der Waals surface area contributed by atoms with Crippen LogP contribution in [0.15, 0.2) is 53.4 Å². The molecule has 158 valence electrons. The van der Waals surface area contributed by atoms with Crippen LogP contribution in [-0.2, 0) is 19.6 Å². The molecule has 1 atom stereocenters. The fourth-order valence-corrected chi connectivity index (χ4v) is 4.09. The fraction of sp³-hybridized carbons (Fsp3) is 0.350. The lowest BCUT2D eigenvalue weighted by Gasteiger charge is -2.25. The Hall–Kier alpha value is -2.65. The maximum Gasteiger partial charge on any atom is 0.264 e. The van der Waals surface area contributed by atoms with Gasteiger partial charge in [-0.2, -0.15) is 0 Å². The smallest absolute Gasteiger partial charge is 0.264 e. The van der Waals surface area contributed by atoms with Crippen LogP contribution in [0.4, 0.5) is 10.1 Å². The second kappa shape index (κ2) is 10.2. The summed E-state index contributed by atoms with van der Waals surface area (Å²) >= 11 is 0. The number of carbonyl (C=O) groups excluding carboxylic acids is 1. The van der Waals surface area contributed by atoms with E-state index in [0.717, 1.165) is 28.6 Å². The normalized spacial score (nSPS) is 12.3. The lowest BCUT2D eigenvalue weighted by Crippen LogP contribution is -2.44. The first-order valence-electron chi connectivity index (χ1n) is 9.07. The molecule has 1 N–H and O–H groups in total. The summed E-state index contributed by atoms with van der Waals surface area (Å²) in [7, 11) is -2.60. The van der Waals surface area contributed by atoms with Crippen LogP contribution < -0.4 is 14.4 Å². The van der Waals surface area contributed by atoms with Crippen molar-refractivity contribution in [3.05, 3.63) is 54.3 Å². The Morgan fingerprint density at radius 3 is 2.31 bits per heavy atom. The summed E-state index contributed by atoms with van der Waals surface area (Å²) in [6, 6.07) is 10.5. The van der Waals surface area contributed by atoms with Crippen molar-refractivity contribution in [3.63, 3.8) is 0 Å². The lowest BCUT2D eigenvalue weighted by atomic mass is 10.3. The molecule has 0 bridgehead atoms. The highest BCUT2D eigenvalue weighted by atomic mass is 32.2. The van der Waals surface area contributed by atoms with Crippen molar-refractivity contribution in [1.82, 2.24) is 5.32 Å². The van der Waals surface area contributed by atoms with Gasteiger partial charge in [0.05, 0.1) is 23.8 Å². The van der Waals surface area contributed by atoms with Crippen LogP contribution in [-0.4, -0.2) is 47.2 Å². The highest BCUT2D eigenvalue weighted by Gasteiger charge is 2.27. The molecule has 0 aliphatic carbocycles. The maximum absolute atomic E-state index is 13.2. The van der Waals surface area contributed by atoms with Crippen molar-refractivity contribution in [2.24, 2.45) is 0 Å². The zero-order valence-corrected chi connectivity index (χ0v) is 17.4. The number of ether oxygens (including phenoxy) is 2. The minimum absolute atomic E-state index is 0.120. The number of hydrogen-bond acceptors (Lipinski definition) is 5. The molecule has 1 amide bonds. The Morgan fingerprint density at radius 2 is 1.76 bits per heavy atom. The van der Waals surface area contributed by atoms with Gasteiger partial charge in [-0.05, 0) is 62.4 Å². The summed E-state index contributed by atoms with van der Waals surface area (Å²) in [4.78, 5) is 12.3. The molecule has 0 saturated heterocycles. The van der Waals surface area contributed by atoms with Gasteiger partial charge in [0.25, 0.3) is 10.0 Å². The molecule has 7 nitrogen and oxygen atoms in total. The largest absolute Gasteiger partial charge is 0.494 e. The Morgan fingerprint density at radius 1 is 1.14 bits per heavy atom. The summed E-state index contributed by atoms with van der Waals surface area (Å²) in [5.74, 6) is -0.467. The molecule has 0 fully saturated rings. The summed E-state index contributed by atoms with van der Waals surface area (Å²) in [5.41, 5.74) is 0.285. The quantitative estimate of drug-likeness (QED) is 0.634. The third-order valence-electron chi connectivity index (χ3n) is 3.95. The number of carbonyl (C=O) groups is 1. The summed E-state index contributed by atoms with van der Waals surface area (Å²) in [6.07, 6.45) is 0. The second-order valence-electron chi connectivity index (χ2n) is 6.32. The number of benzene rings is 2. The van der Waals surface area contributed by atoms with Gasteiger partial charge in [0.1, 0.15) is 18.1 Å². The van der Waals surface area contributed by atoms with Crippen molar-refractivity contribution in [2.45, 2.75) is 24.8 Å². The first-order valence-corrected chi connectivity index (χ1v) is 10.5. The van der Waals surface area contributed by atoms with E-state index in [1.165, 1.54) is 7.11 Å². The fourth-order valence-electron chi connectivity index (χ4n) is 2.67. The van der Waals surface area contributed by atoms with Crippen molar-refractivity contribution in [1.29, 1.82) is 0 Å². The van der Waals surface area contributed by atoms with Crippen LogP contribution in [0.5, 0.6) is 5.75 Å². The zero-order valence-electron chi connectivity index (χ0n) is 16.6. The van der Waals surface area contributed by atoms with Gasteiger partial charge in [-0.25, -0.2) is 12.8 Å². The summed E-state index contributed by atoms with van der Waals surface area (Å²) in [6.45, 7) is 3.90. The molecule has 0 heterocycles. The molecule has 0 radical (unpaired) electrons. The van der Waals surface area contributed by atoms with E-state index in [-0.39, 0.29) is 16.6 Å². The van der Waals surface area contributed by atoms with Crippen LogP contribution in [0.25, 0.3) is 0 Å². The van der Waals surface area contributed by atoms with Crippen LogP contribution in [0, 0.1) is 5.82 Å². The third-order valence-corrected chi connectivity index (χ3v) is 5.74.